The van der Waals surface area contributed by atoms with Gasteiger partial charge in [0.15, 0.2) is 0 Å². The Hall–Kier alpha value is -2.38. The molecule has 0 fully saturated rings. The summed E-state index contributed by atoms with van der Waals surface area (Å²) in [4.78, 5) is 24.4. The third-order valence-electron chi connectivity index (χ3n) is 3.34. The summed E-state index contributed by atoms with van der Waals surface area (Å²) in [6, 6.07) is 13.9. The Labute approximate surface area is 150 Å². The van der Waals surface area contributed by atoms with Gasteiger partial charge in [0, 0.05) is 36.3 Å². The Morgan fingerprint density at radius 1 is 1.24 bits per heavy atom. The standard InChI is InChI=1S/C18H20N2O4S/c1-2-24-12-6-11-19-18(21)14-9-10-17(16(13-14)20(22)23)25-15-7-4-3-5-8-15/h3-5,7-10,13H,2,6,11-12H2,1H3,(H,19,21). The third kappa shape index (κ3) is 5.88. The van der Waals surface area contributed by atoms with Crippen LogP contribution in [0.5, 0.6) is 0 Å². The van der Waals surface area contributed by atoms with Crippen LogP contribution in [0.1, 0.15) is 23.7 Å². The Balaban J connectivity index is 2.07. The van der Waals surface area contributed by atoms with Crippen molar-refractivity contribution in [1.29, 1.82) is 0 Å². The minimum atomic E-state index is -0.461. The van der Waals surface area contributed by atoms with Crippen LogP contribution >= 0.6 is 11.8 Å². The number of hydrogen-bond donors (Lipinski definition) is 1. The van der Waals surface area contributed by atoms with Crippen LogP contribution in [0.2, 0.25) is 0 Å². The first-order valence-electron chi connectivity index (χ1n) is 7.99. The number of nitrogens with one attached hydrogen (secondary N) is 1. The van der Waals surface area contributed by atoms with Gasteiger partial charge in [0.2, 0.25) is 0 Å². The molecule has 0 bridgehead atoms. The highest BCUT2D eigenvalue weighted by atomic mass is 32.2. The number of ether oxygens (including phenoxy) is 1. The monoisotopic (exact) mass is 360 g/mol. The van der Waals surface area contributed by atoms with Crippen molar-refractivity contribution in [2.24, 2.45) is 0 Å². The predicted molar refractivity (Wildman–Crippen MR) is 97.1 cm³/mol. The van der Waals surface area contributed by atoms with E-state index in [1.165, 1.54) is 17.8 Å². The van der Waals surface area contributed by atoms with Crippen molar-refractivity contribution in [3.05, 3.63) is 64.2 Å². The van der Waals surface area contributed by atoms with E-state index >= 15 is 0 Å². The summed E-state index contributed by atoms with van der Waals surface area (Å²) in [6.45, 7) is 3.59. The van der Waals surface area contributed by atoms with Gasteiger partial charge in [-0.15, -0.1) is 0 Å². The average Bonchev–Trinajstić information content (AvgIpc) is 2.62. The maximum absolute atomic E-state index is 12.1. The second-order valence-electron chi connectivity index (χ2n) is 5.16. The molecular formula is C18H20N2O4S. The van der Waals surface area contributed by atoms with Crippen molar-refractivity contribution in [2.75, 3.05) is 19.8 Å². The molecule has 6 nitrogen and oxygen atoms in total. The fraction of sp³-hybridized carbons (Fsp3) is 0.278. The fourth-order valence-electron chi connectivity index (χ4n) is 2.13. The summed E-state index contributed by atoms with van der Waals surface area (Å²) in [7, 11) is 0. The van der Waals surface area contributed by atoms with Crippen LogP contribution in [0.25, 0.3) is 0 Å². The van der Waals surface area contributed by atoms with Crippen LogP contribution < -0.4 is 5.32 Å². The molecule has 132 valence electrons. The van der Waals surface area contributed by atoms with Gasteiger partial charge in [0.05, 0.1) is 9.82 Å². The first-order valence-corrected chi connectivity index (χ1v) is 8.80. The molecule has 0 aliphatic rings. The van der Waals surface area contributed by atoms with Gasteiger partial charge >= 0.3 is 0 Å². The van der Waals surface area contributed by atoms with Gasteiger partial charge in [0.1, 0.15) is 0 Å². The predicted octanol–water partition coefficient (Wildman–Crippen LogP) is 3.90. The molecule has 1 amide bonds. The van der Waals surface area contributed by atoms with Crippen LogP contribution in [0, 0.1) is 10.1 Å². The van der Waals surface area contributed by atoms with Crippen molar-refractivity contribution in [3.8, 4) is 0 Å². The summed E-state index contributed by atoms with van der Waals surface area (Å²) < 4.78 is 5.20. The smallest absolute Gasteiger partial charge is 0.284 e. The topological polar surface area (TPSA) is 81.5 Å². The molecule has 2 aromatic carbocycles. The normalized spacial score (nSPS) is 10.4. The Morgan fingerprint density at radius 2 is 2.00 bits per heavy atom. The van der Waals surface area contributed by atoms with Crippen molar-refractivity contribution < 1.29 is 14.5 Å². The molecular weight excluding hydrogens is 340 g/mol. The highest BCUT2D eigenvalue weighted by Gasteiger charge is 2.18. The molecule has 0 heterocycles. The van der Waals surface area contributed by atoms with Crippen molar-refractivity contribution in [2.45, 2.75) is 23.1 Å². The molecule has 0 saturated carbocycles. The van der Waals surface area contributed by atoms with Gasteiger partial charge in [-0.25, -0.2) is 0 Å². The number of hydrogen-bond acceptors (Lipinski definition) is 5. The van der Waals surface area contributed by atoms with E-state index in [2.05, 4.69) is 5.32 Å². The second-order valence-corrected chi connectivity index (χ2v) is 6.28. The Bertz CT molecular complexity index is 722. The number of carbonyl (C=O) groups excluding carboxylic acids is 1. The van der Waals surface area contributed by atoms with E-state index in [-0.39, 0.29) is 17.2 Å². The molecule has 0 radical (unpaired) electrons. The highest BCUT2D eigenvalue weighted by molar-refractivity contribution is 7.99. The summed E-state index contributed by atoms with van der Waals surface area (Å²) in [6.07, 6.45) is 0.698. The van der Waals surface area contributed by atoms with Gasteiger partial charge in [-0.05, 0) is 37.6 Å². The first-order chi connectivity index (χ1) is 12.1. The molecule has 0 atom stereocenters. The molecule has 7 heteroatoms. The molecule has 0 unspecified atom stereocenters. The molecule has 2 rings (SSSR count). The van der Waals surface area contributed by atoms with E-state index in [0.29, 0.717) is 31.1 Å². The maximum Gasteiger partial charge on any atom is 0.284 e. The van der Waals surface area contributed by atoms with Crippen LogP contribution in [0.3, 0.4) is 0 Å². The van der Waals surface area contributed by atoms with E-state index in [4.69, 9.17) is 4.74 Å². The minimum Gasteiger partial charge on any atom is -0.382 e. The summed E-state index contributed by atoms with van der Waals surface area (Å²) in [5.41, 5.74) is 0.205. The number of amides is 1. The molecule has 0 aliphatic heterocycles. The van der Waals surface area contributed by atoms with Crippen molar-refractivity contribution >= 4 is 23.4 Å². The van der Waals surface area contributed by atoms with Gasteiger partial charge < -0.3 is 10.1 Å². The summed E-state index contributed by atoms with van der Waals surface area (Å²) >= 11 is 1.30. The summed E-state index contributed by atoms with van der Waals surface area (Å²) in [5.74, 6) is -0.323. The lowest BCUT2D eigenvalue weighted by Crippen LogP contribution is -2.25. The van der Waals surface area contributed by atoms with E-state index in [9.17, 15) is 14.9 Å². The van der Waals surface area contributed by atoms with Crippen molar-refractivity contribution in [1.82, 2.24) is 5.32 Å². The third-order valence-corrected chi connectivity index (χ3v) is 4.42. The lowest BCUT2D eigenvalue weighted by atomic mass is 10.2. The van der Waals surface area contributed by atoms with Crippen LogP contribution in [0.4, 0.5) is 5.69 Å². The summed E-state index contributed by atoms with van der Waals surface area (Å²) in [5, 5.41) is 14.1. The average molecular weight is 360 g/mol. The first kappa shape index (κ1) is 19.0. The Morgan fingerprint density at radius 3 is 2.68 bits per heavy atom. The number of benzene rings is 2. The molecule has 0 spiro atoms. The van der Waals surface area contributed by atoms with E-state index in [0.717, 1.165) is 4.90 Å². The largest absolute Gasteiger partial charge is 0.382 e. The molecule has 2 aromatic rings. The zero-order valence-corrected chi connectivity index (χ0v) is 14.8. The number of rotatable bonds is 9. The van der Waals surface area contributed by atoms with Crippen LogP contribution in [-0.4, -0.2) is 30.6 Å². The number of nitro groups is 1. The van der Waals surface area contributed by atoms with E-state index in [1.54, 1.807) is 12.1 Å². The second kappa shape index (κ2) is 9.80. The fourth-order valence-corrected chi connectivity index (χ4v) is 3.05. The van der Waals surface area contributed by atoms with Gasteiger partial charge in [-0.2, -0.15) is 0 Å². The number of carbonyl (C=O) groups is 1. The SMILES string of the molecule is CCOCCCNC(=O)c1ccc(Sc2ccccc2)c([N+](=O)[O-])c1. The van der Waals surface area contributed by atoms with Crippen LogP contribution in [0.15, 0.2) is 58.3 Å². The maximum atomic E-state index is 12.1. The zero-order chi connectivity index (χ0) is 18.1. The molecule has 0 aromatic heterocycles. The number of nitrogens with zero attached hydrogens (tertiary/aromatic N) is 1. The molecule has 1 N–H and O–H groups in total. The van der Waals surface area contributed by atoms with E-state index in [1.807, 2.05) is 37.3 Å². The lowest BCUT2D eigenvalue weighted by molar-refractivity contribution is -0.387. The molecule has 0 saturated heterocycles. The Kier molecular flexibility index (Phi) is 7.43. The minimum absolute atomic E-state index is 0.0733. The van der Waals surface area contributed by atoms with Gasteiger partial charge in [0.25, 0.3) is 11.6 Å². The molecule has 25 heavy (non-hydrogen) atoms. The van der Waals surface area contributed by atoms with Gasteiger partial charge in [-0.1, -0.05) is 30.0 Å². The lowest BCUT2D eigenvalue weighted by Gasteiger charge is -2.07. The van der Waals surface area contributed by atoms with Crippen LogP contribution in [-0.2, 0) is 4.74 Å². The zero-order valence-electron chi connectivity index (χ0n) is 13.9. The van der Waals surface area contributed by atoms with Gasteiger partial charge in [-0.3, -0.25) is 14.9 Å². The molecule has 0 aliphatic carbocycles. The number of nitro benzene ring substituents is 1. The van der Waals surface area contributed by atoms with Crippen molar-refractivity contribution in [3.63, 3.8) is 0 Å². The highest BCUT2D eigenvalue weighted by Crippen LogP contribution is 2.35. The quantitative estimate of drug-likeness (QED) is 0.417. The van der Waals surface area contributed by atoms with E-state index < -0.39 is 4.92 Å².